The molecule has 0 bridgehead atoms. The largest absolute Gasteiger partial charge is 0.341 e. The average Bonchev–Trinajstić information content (AvgIpc) is 2.84. The molecule has 98 valence electrons. The first-order valence-electron chi connectivity index (χ1n) is 6.02. The molecule has 0 aliphatic heterocycles. The van der Waals surface area contributed by atoms with E-state index in [4.69, 9.17) is 23.2 Å². The van der Waals surface area contributed by atoms with Crippen LogP contribution >= 0.6 is 23.2 Å². The van der Waals surface area contributed by atoms with Gasteiger partial charge in [-0.3, -0.25) is 4.79 Å². The van der Waals surface area contributed by atoms with Gasteiger partial charge in [-0.15, -0.1) is 10.2 Å². The van der Waals surface area contributed by atoms with E-state index in [1.165, 1.54) is 31.7 Å². The molecule has 1 aromatic rings. The highest BCUT2D eigenvalue weighted by molar-refractivity contribution is 6.34. The summed E-state index contributed by atoms with van der Waals surface area (Å²) in [7, 11) is 1.78. The van der Waals surface area contributed by atoms with Crippen LogP contribution in [0.1, 0.15) is 36.0 Å². The van der Waals surface area contributed by atoms with Crippen LogP contribution < -0.4 is 0 Å². The Morgan fingerprint density at radius 3 is 2.72 bits per heavy atom. The molecule has 1 aliphatic carbocycles. The van der Waals surface area contributed by atoms with Crippen LogP contribution in [0.5, 0.6) is 0 Å². The zero-order valence-corrected chi connectivity index (χ0v) is 11.7. The van der Waals surface area contributed by atoms with Crippen molar-refractivity contribution in [3.63, 3.8) is 0 Å². The van der Waals surface area contributed by atoms with Gasteiger partial charge in [0.25, 0.3) is 5.91 Å². The Balaban J connectivity index is 2.07. The Hall–Kier alpha value is -0.870. The molecule has 6 heteroatoms. The molecule has 0 saturated heterocycles. The van der Waals surface area contributed by atoms with Crippen molar-refractivity contribution in [3.8, 4) is 0 Å². The van der Waals surface area contributed by atoms with E-state index in [1.54, 1.807) is 11.9 Å². The van der Waals surface area contributed by atoms with Crippen LogP contribution in [0.25, 0.3) is 0 Å². The molecule has 0 spiro atoms. The second-order valence-electron chi connectivity index (χ2n) is 4.71. The Bertz CT molecular complexity index is 447. The predicted molar refractivity (Wildman–Crippen MR) is 71.0 cm³/mol. The Labute approximate surface area is 116 Å². The fourth-order valence-electron chi connectivity index (χ4n) is 2.37. The zero-order chi connectivity index (χ0) is 13.1. The van der Waals surface area contributed by atoms with Gasteiger partial charge in [0.1, 0.15) is 0 Å². The lowest BCUT2D eigenvalue weighted by Crippen LogP contribution is -2.31. The van der Waals surface area contributed by atoms with E-state index >= 15 is 0 Å². The first kappa shape index (κ1) is 13.6. The number of rotatable bonds is 3. The van der Waals surface area contributed by atoms with E-state index in [-0.39, 0.29) is 16.2 Å². The summed E-state index contributed by atoms with van der Waals surface area (Å²) in [5.41, 5.74) is 0.317. The summed E-state index contributed by atoms with van der Waals surface area (Å²) < 4.78 is 0. The highest BCUT2D eigenvalue weighted by Gasteiger charge is 2.22. The Kier molecular flexibility index (Phi) is 4.40. The molecule has 1 fully saturated rings. The molecule has 18 heavy (non-hydrogen) atoms. The van der Waals surface area contributed by atoms with Crippen molar-refractivity contribution in [2.45, 2.75) is 25.7 Å². The number of carbonyl (C=O) groups excluding carboxylic acids is 1. The van der Waals surface area contributed by atoms with Crippen molar-refractivity contribution < 1.29 is 4.79 Å². The van der Waals surface area contributed by atoms with Crippen molar-refractivity contribution in [2.75, 3.05) is 13.6 Å². The van der Waals surface area contributed by atoms with Crippen LogP contribution in [-0.4, -0.2) is 34.6 Å². The second kappa shape index (κ2) is 5.85. The summed E-state index contributed by atoms with van der Waals surface area (Å²) in [5, 5.41) is 7.52. The Morgan fingerprint density at radius 2 is 2.06 bits per heavy atom. The number of nitrogens with zero attached hydrogens (tertiary/aromatic N) is 3. The van der Waals surface area contributed by atoms with E-state index in [9.17, 15) is 4.79 Å². The van der Waals surface area contributed by atoms with Crippen molar-refractivity contribution >= 4 is 29.1 Å². The SMILES string of the molecule is CN(CC1CCCC1)C(=O)c1cc(Cl)nnc1Cl. The lowest BCUT2D eigenvalue weighted by Gasteiger charge is -2.21. The average molecular weight is 288 g/mol. The third-order valence-electron chi connectivity index (χ3n) is 3.30. The topological polar surface area (TPSA) is 46.1 Å². The van der Waals surface area contributed by atoms with Gasteiger partial charge < -0.3 is 4.90 Å². The molecule has 1 amide bonds. The first-order valence-corrected chi connectivity index (χ1v) is 6.77. The molecular weight excluding hydrogens is 273 g/mol. The van der Waals surface area contributed by atoms with E-state index in [1.807, 2.05) is 0 Å². The summed E-state index contributed by atoms with van der Waals surface area (Å²) in [6.07, 6.45) is 4.91. The molecule has 0 N–H and O–H groups in total. The molecule has 1 saturated carbocycles. The van der Waals surface area contributed by atoms with Crippen LogP contribution in [0, 0.1) is 5.92 Å². The quantitative estimate of drug-likeness (QED) is 0.858. The van der Waals surface area contributed by atoms with E-state index in [0.717, 1.165) is 6.54 Å². The van der Waals surface area contributed by atoms with Crippen LogP contribution in [-0.2, 0) is 0 Å². The normalized spacial score (nSPS) is 15.9. The molecule has 4 nitrogen and oxygen atoms in total. The van der Waals surface area contributed by atoms with E-state index in [2.05, 4.69) is 10.2 Å². The summed E-state index contributed by atoms with van der Waals surface area (Å²) >= 11 is 11.6. The number of amides is 1. The number of halogens is 2. The summed E-state index contributed by atoms with van der Waals surface area (Å²) in [4.78, 5) is 13.9. The second-order valence-corrected chi connectivity index (χ2v) is 5.45. The van der Waals surface area contributed by atoms with E-state index in [0.29, 0.717) is 11.5 Å². The molecular formula is C12H15Cl2N3O. The molecule has 0 aromatic carbocycles. The summed E-state index contributed by atoms with van der Waals surface area (Å²) in [5.74, 6) is 0.451. The number of hydrogen-bond acceptors (Lipinski definition) is 3. The third-order valence-corrected chi connectivity index (χ3v) is 3.77. The van der Waals surface area contributed by atoms with Gasteiger partial charge >= 0.3 is 0 Å². The highest BCUT2D eigenvalue weighted by Crippen LogP contribution is 2.26. The molecule has 0 unspecified atom stereocenters. The maximum atomic E-state index is 12.2. The van der Waals surface area contributed by atoms with Crippen molar-refractivity contribution in [2.24, 2.45) is 5.92 Å². The number of carbonyl (C=O) groups is 1. The lowest BCUT2D eigenvalue weighted by molar-refractivity contribution is 0.0773. The van der Waals surface area contributed by atoms with Gasteiger partial charge in [-0.25, -0.2) is 0 Å². The molecule has 1 aliphatic rings. The minimum atomic E-state index is -0.149. The van der Waals surface area contributed by atoms with Crippen molar-refractivity contribution in [3.05, 3.63) is 21.9 Å². The van der Waals surface area contributed by atoms with Gasteiger partial charge in [0.15, 0.2) is 10.3 Å². The van der Waals surface area contributed by atoms with Crippen LogP contribution in [0.2, 0.25) is 10.3 Å². The predicted octanol–water partition coefficient (Wildman–Crippen LogP) is 3.05. The molecule has 0 atom stereocenters. The smallest absolute Gasteiger partial charge is 0.256 e. The van der Waals surface area contributed by atoms with E-state index < -0.39 is 0 Å². The van der Waals surface area contributed by atoms with Crippen molar-refractivity contribution in [1.82, 2.24) is 15.1 Å². The van der Waals surface area contributed by atoms with Gasteiger partial charge in [0, 0.05) is 13.6 Å². The maximum absolute atomic E-state index is 12.2. The zero-order valence-electron chi connectivity index (χ0n) is 10.2. The maximum Gasteiger partial charge on any atom is 0.256 e. The van der Waals surface area contributed by atoms with Crippen LogP contribution in [0.3, 0.4) is 0 Å². The Morgan fingerprint density at radius 1 is 1.39 bits per heavy atom. The van der Waals surface area contributed by atoms with Crippen LogP contribution in [0.15, 0.2) is 6.07 Å². The standard InChI is InChI=1S/C12H15Cl2N3O/c1-17(7-8-4-2-3-5-8)12(18)9-6-10(13)15-16-11(9)14/h6,8H,2-5,7H2,1H3. The third kappa shape index (κ3) is 3.12. The number of hydrogen-bond donors (Lipinski definition) is 0. The lowest BCUT2D eigenvalue weighted by atomic mass is 10.1. The fraction of sp³-hybridized carbons (Fsp3) is 0.583. The molecule has 1 heterocycles. The van der Waals surface area contributed by atoms with Gasteiger partial charge in [-0.05, 0) is 24.8 Å². The van der Waals surface area contributed by atoms with Crippen LogP contribution in [0.4, 0.5) is 0 Å². The first-order chi connectivity index (χ1) is 8.58. The molecule has 2 rings (SSSR count). The fourth-order valence-corrected chi connectivity index (χ4v) is 2.69. The molecule has 0 radical (unpaired) electrons. The van der Waals surface area contributed by atoms with Gasteiger partial charge in [0.2, 0.25) is 0 Å². The minimum absolute atomic E-state index is 0.0997. The summed E-state index contributed by atoms with van der Waals surface area (Å²) in [6.45, 7) is 0.759. The highest BCUT2D eigenvalue weighted by atomic mass is 35.5. The van der Waals surface area contributed by atoms with Crippen molar-refractivity contribution in [1.29, 1.82) is 0 Å². The minimum Gasteiger partial charge on any atom is -0.341 e. The van der Waals surface area contributed by atoms with Gasteiger partial charge in [0.05, 0.1) is 5.56 Å². The van der Waals surface area contributed by atoms with Gasteiger partial charge in [-0.2, -0.15) is 0 Å². The van der Waals surface area contributed by atoms with Gasteiger partial charge in [-0.1, -0.05) is 36.0 Å². The number of aromatic nitrogens is 2. The summed E-state index contributed by atoms with van der Waals surface area (Å²) in [6, 6.07) is 1.46. The molecule has 1 aromatic heterocycles. The monoisotopic (exact) mass is 287 g/mol.